The highest BCUT2D eigenvalue weighted by Crippen LogP contribution is 2.57. The Bertz CT molecular complexity index is 806. The summed E-state index contributed by atoms with van der Waals surface area (Å²) in [5, 5.41) is 2.27. The first kappa shape index (κ1) is 17.8. The molecule has 1 aromatic carbocycles. The largest absolute Gasteiger partial charge is 0.462 e. The summed E-state index contributed by atoms with van der Waals surface area (Å²) in [6.07, 6.45) is -3.27. The fourth-order valence-electron chi connectivity index (χ4n) is 4.53. The molecular weight excluding hydrogens is 367 g/mol. The first-order valence-electron chi connectivity index (χ1n) is 8.58. The quantitative estimate of drug-likeness (QED) is 0.808. The molecule has 0 spiro atoms. The second kappa shape index (κ2) is 6.24. The summed E-state index contributed by atoms with van der Waals surface area (Å²) in [6.45, 7) is -0.631. The number of nitrogens with one attached hydrogen (secondary N) is 1. The molecule has 2 aliphatic carbocycles. The number of anilines is 1. The number of halogens is 3. The monoisotopic (exact) mass is 383 g/mol. The van der Waals surface area contributed by atoms with Crippen molar-refractivity contribution < 1.29 is 37.0 Å². The van der Waals surface area contributed by atoms with Gasteiger partial charge in [-0.15, -0.1) is 0 Å². The Morgan fingerprint density at radius 3 is 2.78 bits per heavy atom. The summed E-state index contributed by atoms with van der Waals surface area (Å²) in [4.78, 5) is 36.2. The van der Waals surface area contributed by atoms with Gasteiger partial charge in [0.1, 0.15) is 6.10 Å². The second-order valence-corrected chi connectivity index (χ2v) is 7.16. The third kappa shape index (κ3) is 3.15. The van der Waals surface area contributed by atoms with Gasteiger partial charge in [0, 0.05) is 11.6 Å². The lowest BCUT2D eigenvalue weighted by atomic mass is 9.80. The minimum Gasteiger partial charge on any atom is -0.462 e. The maximum atomic E-state index is 12.7. The average molecular weight is 383 g/mol. The lowest BCUT2D eigenvalue weighted by Gasteiger charge is -2.22. The number of rotatable bonds is 4. The number of carbonyl (C=O) groups excluding carboxylic acids is 3. The molecule has 0 aromatic heterocycles. The number of hydrogen-bond acceptors (Lipinski definition) is 5. The molecule has 1 amide bonds. The highest BCUT2D eigenvalue weighted by Gasteiger charge is 2.64. The van der Waals surface area contributed by atoms with E-state index in [2.05, 4.69) is 5.32 Å². The van der Waals surface area contributed by atoms with Gasteiger partial charge in [-0.05, 0) is 37.0 Å². The van der Waals surface area contributed by atoms with Crippen LogP contribution in [-0.2, 0) is 30.0 Å². The van der Waals surface area contributed by atoms with Crippen LogP contribution in [0.25, 0.3) is 0 Å². The van der Waals surface area contributed by atoms with Crippen molar-refractivity contribution in [3.8, 4) is 0 Å². The van der Waals surface area contributed by atoms with Gasteiger partial charge in [0.2, 0.25) is 0 Å². The normalized spacial score (nSPS) is 30.9. The summed E-state index contributed by atoms with van der Waals surface area (Å²) in [5.41, 5.74) is -0.943. The topological polar surface area (TPSA) is 81.7 Å². The standard InChI is InChI=1S/C18H16F3NO5/c19-18(20,21)9-2-1-3-10(6-9)22-13(23)7-26-16(24)14-8-4-11-12(5-8)27-17(25)15(11)14/h1-3,6,8,11-12,14-15H,4-5,7H2,(H,22,23)/t8-,11+,12+,14-,15-/m1/s1. The van der Waals surface area contributed by atoms with Crippen LogP contribution in [0, 0.1) is 23.7 Å². The zero-order chi connectivity index (χ0) is 19.3. The van der Waals surface area contributed by atoms with E-state index in [1.807, 2.05) is 0 Å². The van der Waals surface area contributed by atoms with Crippen molar-refractivity contribution in [1.82, 2.24) is 0 Å². The van der Waals surface area contributed by atoms with Gasteiger partial charge in [-0.25, -0.2) is 0 Å². The van der Waals surface area contributed by atoms with E-state index in [9.17, 15) is 27.6 Å². The molecule has 0 unspecified atom stereocenters. The van der Waals surface area contributed by atoms with Gasteiger partial charge in [-0.2, -0.15) is 13.2 Å². The zero-order valence-electron chi connectivity index (χ0n) is 14.0. The number of hydrogen-bond donors (Lipinski definition) is 1. The summed E-state index contributed by atoms with van der Waals surface area (Å²) < 4.78 is 48.3. The number of ether oxygens (including phenoxy) is 2. The molecule has 1 saturated heterocycles. The molecule has 144 valence electrons. The van der Waals surface area contributed by atoms with Crippen LogP contribution in [-0.4, -0.2) is 30.6 Å². The Kier molecular flexibility index (Phi) is 4.12. The molecule has 3 aliphatic rings. The predicted octanol–water partition coefficient (Wildman–Crippen LogP) is 2.38. The van der Waals surface area contributed by atoms with E-state index in [1.54, 1.807) is 0 Å². The van der Waals surface area contributed by atoms with Crippen molar-refractivity contribution in [3.63, 3.8) is 0 Å². The molecule has 1 heterocycles. The van der Waals surface area contributed by atoms with Gasteiger partial charge in [-0.3, -0.25) is 14.4 Å². The van der Waals surface area contributed by atoms with Crippen LogP contribution in [0.3, 0.4) is 0 Å². The molecule has 3 fully saturated rings. The van der Waals surface area contributed by atoms with E-state index in [0.29, 0.717) is 6.42 Å². The fraction of sp³-hybridized carbons (Fsp3) is 0.500. The number of amides is 1. The molecule has 2 saturated carbocycles. The average Bonchev–Trinajstić information content (AvgIpc) is 3.21. The molecule has 4 rings (SSSR count). The van der Waals surface area contributed by atoms with E-state index in [0.717, 1.165) is 18.6 Å². The van der Waals surface area contributed by atoms with Crippen LogP contribution in [0.2, 0.25) is 0 Å². The van der Waals surface area contributed by atoms with Crippen molar-refractivity contribution in [2.45, 2.75) is 25.1 Å². The third-order valence-electron chi connectivity index (χ3n) is 5.57. The van der Waals surface area contributed by atoms with Gasteiger partial charge in [0.15, 0.2) is 6.61 Å². The van der Waals surface area contributed by atoms with Gasteiger partial charge < -0.3 is 14.8 Å². The van der Waals surface area contributed by atoms with Crippen LogP contribution < -0.4 is 5.32 Å². The lowest BCUT2D eigenvalue weighted by Crippen LogP contribution is -2.34. The summed E-state index contributed by atoms with van der Waals surface area (Å²) >= 11 is 0. The zero-order valence-corrected chi connectivity index (χ0v) is 14.0. The van der Waals surface area contributed by atoms with E-state index < -0.39 is 42.1 Å². The first-order valence-corrected chi connectivity index (χ1v) is 8.58. The van der Waals surface area contributed by atoms with Crippen molar-refractivity contribution in [3.05, 3.63) is 29.8 Å². The maximum absolute atomic E-state index is 12.7. The van der Waals surface area contributed by atoms with Crippen LogP contribution >= 0.6 is 0 Å². The van der Waals surface area contributed by atoms with Gasteiger partial charge in [0.25, 0.3) is 5.91 Å². The predicted molar refractivity (Wildman–Crippen MR) is 84.1 cm³/mol. The summed E-state index contributed by atoms with van der Waals surface area (Å²) in [6, 6.07) is 4.16. The maximum Gasteiger partial charge on any atom is 0.416 e. The number of benzene rings is 1. The smallest absolute Gasteiger partial charge is 0.416 e. The van der Waals surface area contributed by atoms with E-state index in [4.69, 9.17) is 9.47 Å². The Hall–Kier alpha value is -2.58. The lowest BCUT2D eigenvalue weighted by molar-refractivity contribution is -0.157. The number of carbonyl (C=O) groups is 3. The second-order valence-electron chi connectivity index (χ2n) is 7.16. The Morgan fingerprint density at radius 1 is 1.26 bits per heavy atom. The summed E-state index contributed by atoms with van der Waals surface area (Å²) in [5.74, 6) is -2.84. The molecule has 27 heavy (non-hydrogen) atoms. The van der Waals surface area contributed by atoms with Crippen LogP contribution in [0.1, 0.15) is 18.4 Å². The fourth-order valence-corrected chi connectivity index (χ4v) is 4.53. The van der Waals surface area contributed by atoms with E-state index in [-0.39, 0.29) is 29.6 Å². The highest BCUT2D eigenvalue weighted by molar-refractivity contribution is 5.93. The molecular formula is C18H16F3NO5. The molecule has 9 heteroatoms. The number of fused-ring (bicyclic) bond motifs is 1. The van der Waals surface area contributed by atoms with Gasteiger partial charge in [0.05, 0.1) is 17.4 Å². The minimum absolute atomic E-state index is 0.00970. The van der Waals surface area contributed by atoms with Crippen LogP contribution in [0.4, 0.5) is 18.9 Å². The Balaban J connectivity index is 1.34. The van der Waals surface area contributed by atoms with E-state index in [1.165, 1.54) is 12.1 Å². The van der Waals surface area contributed by atoms with Gasteiger partial charge in [-0.1, -0.05) is 6.07 Å². The van der Waals surface area contributed by atoms with Crippen molar-refractivity contribution in [2.75, 3.05) is 11.9 Å². The molecule has 1 N–H and O–H groups in total. The number of alkyl halides is 3. The summed E-state index contributed by atoms with van der Waals surface area (Å²) in [7, 11) is 0. The molecule has 1 aliphatic heterocycles. The number of esters is 2. The SMILES string of the molecule is O=C(COC(=O)[C@@H]1[C@@H]2C[C@@H]3[C@H]1C(=O)O[C@H]3C2)Nc1cccc(C(F)(F)F)c1. The van der Waals surface area contributed by atoms with Crippen LogP contribution in [0.5, 0.6) is 0 Å². The molecule has 6 nitrogen and oxygen atoms in total. The molecule has 5 atom stereocenters. The molecule has 0 radical (unpaired) electrons. The third-order valence-corrected chi connectivity index (χ3v) is 5.57. The Labute approximate surface area is 152 Å². The molecule has 2 bridgehead atoms. The van der Waals surface area contributed by atoms with Crippen molar-refractivity contribution in [2.24, 2.45) is 23.7 Å². The van der Waals surface area contributed by atoms with Crippen molar-refractivity contribution >= 4 is 23.5 Å². The van der Waals surface area contributed by atoms with E-state index >= 15 is 0 Å². The van der Waals surface area contributed by atoms with Gasteiger partial charge >= 0.3 is 18.1 Å². The molecule has 1 aromatic rings. The first-order chi connectivity index (χ1) is 12.7. The van der Waals surface area contributed by atoms with Crippen molar-refractivity contribution in [1.29, 1.82) is 0 Å². The van der Waals surface area contributed by atoms with Crippen LogP contribution in [0.15, 0.2) is 24.3 Å². The minimum atomic E-state index is -4.53. The Morgan fingerprint density at radius 2 is 2.04 bits per heavy atom. The highest BCUT2D eigenvalue weighted by atomic mass is 19.4.